The number of carboxylic acids is 1. The molecule has 1 unspecified atom stereocenters. The van der Waals surface area contributed by atoms with Gasteiger partial charge < -0.3 is 24.6 Å². The lowest BCUT2D eigenvalue weighted by molar-refractivity contribution is -0.156. The molecule has 1 amide bonds. The number of amides is 1. The topological polar surface area (TPSA) is 112 Å². The van der Waals surface area contributed by atoms with Crippen LogP contribution in [0.3, 0.4) is 0 Å². The van der Waals surface area contributed by atoms with Crippen molar-refractivity contribution in [1.82, 2.24) is 14.8 Å². The van der Waals surface area contributed by atoms with Crippen molar-refractivity contribution in [3.63, 3.8) is 0 Å². The van der Waals surface area contributed by atoms with Crippen LogP contribution < -0.4 is 4.74 Å². The van der Waals surface area contributed by atoms with Gasteiger partial charge in [0.25, 0.3) is 0 Å². The molecule has 1 saturated heterocycles. The van der Waals surface area contributed by atoms with Crippen LogP contribution in [0.2, 0.25) is 0 Å². The van der Waals surface area contributed by atoms with Crippen LogP contribution in [0.25, 0.3) is 10.9 Å². The van der Waals surface area contributed by atoms with Crippen LogP contribution in [-0.4, -0.2) is 88.4 Å². The van der Waals surface area contributed by atoms with Crippen molar-refractivity contribution in [1.29, 1.82) is 0 Å². The second-order valence-electron chi connectivity index (χ2n) is 8.47. The molecule has 0 aliphatic carbocycles. The van der Waals surface area contributed by atoms with Crippen LogP contribution in [0.5, 0.6) is 5.75 Å². The molecule has 1 aliphatic heterocycles. The third-order valence-electron chi connectivity index (χ3n) is 5.91. The standard InChI is InChI=1S/C26H29N3O6/c30-20(17-35-24-10-4-9-22-21(24)8-5-11-27-22)14-28-12-13-29(23(15-28)26(32)33)25(31)18-34-16-19-6-2-1-3-7-19/h1-11,20,23,30H,12-18H2,(H,32,33)/t20-,23?/m1/s1. The summed E-state index contributed by atoms with van der Waals surface area (Å²) in [6, 6.07) is 17.7. The number of carbonyl (C=O) groups excluding carboxylic acids is 1. The maximum Gasteiger partial charge on any atom is 0.327 e. The van der Waals surface area contributed by atoms with Gasteiger partial charge in [0.05, 0.1) is 12.1 Å². The normalized spacial score (nSPS) is 17.3. The van der Waals surface area contributed by atoms with Gasteiger partial charge in [-0.05, 0) is 29.8 Å². The summed E-state index contributed by atoms with van der Waals surface area (Å²) in [7, 11) is 0. The summed E-state index contributed by atoms with van der Waals surface area (Å²) in [5.74, 6) is -0.814. The summed E-state index contributed by atoms with van der Waals surface area (Å²) in [6.07, 6.45) is 0.882. The molecule has 2 N–H and O–H groups in total. The van der Waals surface area contributed by atoms with E-state index in [2.05, 4.69) is 4.98 Å². The quantitative estimate of drug-likeness (QED) is 0.453. The van der Waals surface area contributed by atoms with Gasteiger partial charge in [0.1, 0.15) is 31.1 Å². The zero-order chi connectivity index (χ0) is 24.6. The summed E-state index contributed by atoms with van der Waals surface area (Å²) in [4.78, 5) is 32.0. The van der Waals surface area contributed by atoms with E-state index < -0.39 is 18.1 Å². The molecule has 35 heavy (non-hydrogen) atoms. The van der Waals surface area contributed by atoms with E-state index in [9.17, 15) is 19.8 Å². The second-order valence-corrected chi connectivity index (χ2v) is 8.47. The Morgan fingerprint density at radius 3 is 2.69 bits per heavy atom. The number of ether oxygens (including phenoxy) is 2. The van der Waals surface area contributed by atoms with E-state index in [1.807, 2.05) is 65.6 Å². The Balaban J connectivity index is 1.27. The summed E-state index contributed by atoms with van der Waals surface area (Å²) >= 11 is 0. The minimum Gasteiger partial charge on any atom is -0.490 e. The highest BCUT2D eigenvalue weighted by Crippen LogP contribution is 2.23. The number of nitrogens with zero attached hydrogens (tertiary/aromatic N) is 3. The van der Waals surface area contributed by atoms with E-state index in [-0.39, 0.29) is 45.4 Å². The SMILES string of the molecule is O=C(O)C1CN(C[C@@H](O)COc2cccc3ncccc23)CCN1C(=O)COCc1ccccc1. The second kappa shape index (κ2) is 11.7. The maximum absolute atomic E-state index is 12.6. The number of benzene rings is 2. The molecule has 0 spiro atoms. The number of rotatable bonds is 10. The number of aliphatic carboxylic acids is 1. The predicted octanol–water partition coefficient (Wildman–Crippen LogP) is 1.79. The van der Waals surface area contributed by atoms with Crippen LogP contribution in [0.15, 0.2) is 66.9 Å². The number of pyridine rings is 1. The summed E-state index contributed by atoms with van der Waals surface area (Å²) in [5.41, 5.74) is 1.74. The zero-order valence-electron chi connectivity index (χ0n) is 19.3. The monoisotopic (exact) mass is 479 g/mol. The van der Waals surface area contributed by atoms with Crippen molar-refractivity contribution >= 4 is 22.8 Å². The number of hydrogen-bond acceptors (Lipinski definition) is 7. The average molecular weight is 480 g/mol. The highest BCUT2D eigenvalue weighted by Gasteiger charge is 2.35. The van der Waals surface area contributed by atoms with E-state index in [4.69, 9.17) is 9.47 Å². The smallest absolute Gasteiger partial charge is 0.327 e. The average Bonchev–Trinajstić information content (AvgIpc) is 2.88. The molecule has 4 rings (SSSR count). The van der Waals surface area contributed by atoms with Gasteiger partial charge in [0.2, 0.25) is 5.91 Å². The van der Waals surface area contributed by atoms with E-state index in [1.54, 1.807) is 6.20 Å². The molecule has 3 aromatic rings. The number of hydrogen-bond donors (Lipinski definition) is 2. The van der Waals surface area contributed by atoms with Crippen molar-refractivity contribution in [2.45, 2.75) is 18.8 Å². The van der Waals surface area contributed by atoms with Crippen LogP contribution in [-0.2, 0) is 20.9 Å². The lowest BCUT2D eigenvalue weighted by Gasteiger charge is -2.39. The van der Waals surface area contributed by atoms with Crippen LogP contribution in [0, 0.1) is 0 Å². The van der Waals surface area contributed by atoms with Gasteiger partial charge in [0.15, 0.2) is 0 Å². The Bertz CT molecular complexity index is 1140. The number of β-amino-alcohol motifs (C(OH)–C–C–N with tert-alkyl or cyclic N) is 1. The van der Waals surface area contributed by atoms with Crippen molar-refractivity contribution < 1.29 is 29.3 Å². The Hall–Kier alpha value is -3.53. The summed E-state index contributed by atoms with van der Waals surface area (Å²) in [6.45, 7) is 1.20. The fraction of sp³-hybridized carbons (Fsp3) is 0.346. The maximum atomic E-state index is 12.6. The molecule has 1 aliphatic rings. The molecule has 0 bridgehead atoms. The number of aromatic nitrogens is 1. The largest absolute Gasteiger partial charge is 0.490 e. The highest BCUT2D eigenvalue weighted by molar-refractivity contribution is 5.85. The zero-order valence-corrected chi connectivity index (χ0v) is 19.3. The number of carbonyl (C=O) groups is 2. The Labute approximate surface area is 203 Å². The number of aliphatic hydroxyl groups excluding tert-OH is 1. The molecule has 2 aromatic carbocycles. The fourth-order valence-corrected chi connectivity index (χ4v) is 4.17. The molecule has 0 saturated carbocycles. The van der Waals surface area contributed by atoms with Gasteiger partial charge in [-0.15, -0.1) is 0 Å². The molecule has 2 heterocycles. The Kier molecular flexibility index (Phi) is 8.25. The Morgan fingerprint density at radius 2 is 1.89 bits per heavy atom. The van der Waals surface area contributed by atoms with Crippen molar-refractivity contribution in [2.75, 3.05) is 39.4 Å². The first kappa shape index (κ1) is 24.6. The Morgan fingerprint density at radius 1 is 1.06 bits per heavy atom. The molecule has 0 radical (unpaired) electrons. The fourth-order valence-electron chi connectivity index (χ4n) is 4.17. The summed E-state index contributed by atoms with van der Waals surface area (Å²) in [5, 5.41) is 21.1. The van der Waals surface area contributed by atoms with Crippen LogP contribution in [0.4, 0.5) is 0 Å². The molecule has 9 nitrogen and oxygen atoms in total. The minimum absolute atomic E-state index is 0.0538. The lowest BCUT2D eigenvalue weighted by Crippen LogP contribution is -2.60. The molecular weight excluding hydrogens is 450 g/mol. The molecular formula is C26H29N3O6. The molecule has 1 fully saturated rings. The molecule has 184 valence electrons. The molecule has 1 aromatic heterocycles. The van der Waals surface area contributed by atoms with Crippen molar-refractivity contribution in [3.05, 3.63) is 72.4 Å². The number of aliphatic hydroxyl groups is 1. The predicted molar refractivity (Wildman–Crippen MR) is 129 cm³/mol. The number of fused-ring (bicyclic) bond motifs is 1. The van der Waals surface area contributed by atoms with Crippen molar-refractivity contribution in [3.8, 4) is 5.75 Å². The molecule has 2 atom stereocenters. The number of piperazine rings is 1. The first-order chi connectivity index (χ1) is 17.0. The van der Waals surface area contributed by atoms with E-state index in [1.165, 1.54) is 4.90 Å². The van der Waals surface area contributed by atoms with E-state index in [0.717, 1.165) is 16.5 Å². The first-order valence-corrected chi connectivity index (χ1v) is 11.5. The van der Waals surface area contributed by atoms with Gasteiger partial charge in [-0.2, -0.15) is 0 Å². The highest BCUT2D eigenvalue weighted by atomic mass is 16.5. The van der Waals surface area contributed by atoms with Gasteiger partial charge in [-0.3, -0.25) is 14.7 Å². The number of carboxylic acid groups (broad SMARTS) is 1. The first-order valence-electron chi connectivity index (χ1n) is 11.5. The van der Waals surface area contributed by atoms with Gasteiger partial charge in [0, 0.05) is 37.8 Å². The van der Waals surface area contributed by atoms with Gasteiger partial charge in [-0.25, -0.2) is 4.79 Å². The van der Waals surface area contributed by atoms with E-state index in [0.29, 0.717) is 12.3 Å². The molecule has 9 heteroatoms. The lowest BCUT2D eigenvalue weighted by atomic mass is 10.1. The van der Waals surface area contributed by atoms with Crippen LogP contribution >= 0.6 is 0 Å². The van der Waals surface area contributed by atoms with E-state index >= 15 is 0 Å². The minimum atomic E-state index is -1.08. The van der Waals surface area contributed by atoms with Gasteiger partial charge >= 0.3 is 5.97 Å². The third kappa shape index (κ3) is 6.54. The third-order valence-corrected chi connectivity index (χ3v) is 5.91. The van der Waals surface area contributed by atoms with Crippen LogP contribution in [0.1, 0.15) is 5.56 Å². The van der Waals surface area contributed by atoms with Crippen molar-refractivity contribution in [2.24, 2.45) is 0 Å². The van der Waals surface area contributed by atoms with Gasteiger partial charge in [-0.1, -0.05) is 36.4 Å². The summed E-state index contributed by atoms with van der Waals surface area (Å²) < 4.78 is 11.3.